The van der Waals surface area contributed by atoms with Gasteiger partial charge in [-0.1, -0.05) is 42.5 Å². The van der Waals surface area contributed by atoms with Gasteiger partial charge in [0, 0.05) is 13.1 Å². The average molecular weight is 285 g/mol. The Morgan fingerprint density at radius 1 is 1.10 bits per heavy atom. The Labute approximate surface area is 126 Å². The standard InChI is InChI=1S/C18H23NO2/c1-3-21-17-11-7-8-15(12-17)13-19(2)14-18(20)16-9-5-4-6-10-16/h4-12,18,20H,3,13-14H2,1-2H3. The lowest BCUT2D eigenvalue weighted by Gasteiger charge is -2.21. The van der Waals surface area contributed by atoms with Gasteiger partial charge in [0.15, 0.2) is 0 Å². The predicted molar refractivity (Wildman–Crippen MR) is 85.3 cm³/mol. The zero-order valence-electron chi connectivity index (χ0n) is 12.7. The molecule has 0 spiro atoms. The molecule has 21 heavy (non-hydrogen) atoms. The first kappa shape index (κ1) is 15.5. The zero-order valence-corrected chi connectivity index (χ0v) is 12.7. The summed E-state index contributed by atoms with van der Waals surface area (Å²) in [5, 5.41) is 10.2. The van der Waals surface area contributed by atoms with Crippen LogP contribution in [0.3, 0.4) is 0 Å². The first-order chi connectivity index (χ1) is 10.2. The minimum atomic E-state index is -0.466. The van der Waals surface area contributed by atoms with Crippen molar-refractivity contribution in [2.24, 2.45) is 0 Å². The normalized spacial score (nSPS) is 12.4. The minimum Gasteiger partial charge on any atom is -0.494 e. The van der Waals surface area contributed by atoms with Gasteiger partial charge in [0.25, 0.3) is 0 Å². The van der Waals surface area contributed by atoms with E-state index in [4.69, 9.17) is 4.74 Å². The summed E-state index contributed by atoms with van der Waals surface area (Å²) in [6.45, 7) is 4.04. The van der Waals surface area contributed by atoms with Crippen LogP contribution < -0.4 is 4.74 Å². The molecule has 1 atom stereocenters. The molecule has 1 unspecified atom stereocenters. The number of nitrogens with zero attached hydrogens (tertiary/aromatic N) is 1. The van der Waals surface area contributed by atoms with Gasteiger partial charge >= 0.3 is 0 Å². The van der Waals surface area contributed by atoms with Gasteiger partial charge in [-0.3, -0.25) is 4.90 Å². The summed E-state index contributed by atoms with van der Waals surface area (Å²) in [6, 6.07) is 17.9. The molecule has 0 aliphatic carbocycles. The van der Waals surface area contributed by atoms with Crippen molar-refractivity contribution in [1.82, 2.24) is 4.90 Å². The molecular weight excluding hydrogens is 262 g/mol. The van der Waals surface area contributed by atoms with Gasteiger partial charge in [0.1, 0.15) is 5.75 Å². The van der Waals surface area contributed by atoms with Crippen LogP contribution in [0, 0.1) is 0 Å². The summed E-state index contributed by atoms with van der Waals surface area (Å²) in [7, 11) is 2.01. The third-order valence-corrected chi connectivity index (χ3v) is 3.33. The molecule has 0 radical (unpaired) electrons. The number of benzene rings is 2. The first-order valence-electron chi connectivity index (χ1n) is 7.32. The van der Waals surface area contributed by atoms with Gasteiger partial charge in [-0.05, 0) is 37.2 Å². The van der Waals surface area contributed by atoms with Crippen LogP contribution in [0.25, 0.3) is 0 Å². The van der Waals surface area contributed by atoms with Crippen LogP contribution in [0.2, 0.25) is 0 Å². The second-order valence-electron chi connectivity index (χ2n) is 5.20. The van der Waals surface area contributed by atoms with E-state index in [0.717, 1.165) is 17.9 Å². The maximum absolute atomic E-state index is 10.2. The molecule has 0 aliphatic heterocycles. The van der Waals surface area contributed by atoms with Crippen LogP contribution in [0.1, 0.15) is 24.2 Å². The third kappa shape index (κ3) is 4.88. The Balaban J connectivity index is 1.92. The highest BCUT2D eigenvalue weighted by molar-refractivity contribution is 5.28. The molecule has 2 rings (SSSR count). The maximum Gasteiger partial charge on any atom is 0.119 e. The van der Waals surface area contributed by atoms with E-state index in [-0.39, 0.29) is 0 Å². The van der Waals surface area contributed by atoms with Gasteiger partial charge in [0.05, 0.1) is 12.7 Å². The molecule has 0 heterocycles. The summed E-state index contributed by atoms with van der Waals surface area (Å²) >= 11 is 0. The lowest BCUT2D eigenvalue weighted by molar-refractivity contribution is 0.124. The van der Waals surface area contributed by atoms with Crippen molar-refractivity contribution in [3.8, 4) is 5.75 Å². The highest BCUT2D eigenvalue weighted by Gasteiger charge is 2.10. The largest absolute Gasteiger partial charge is 0.494 e. The second kappa shape index (κ2) is 7.81. The fraction of sp³-hybridized carbons (Fsp3) is 0.333. The maximum atomic E-state index is 10.2. The summed E-state index contributed by atoms with van der Waals surface area (Å²) in [6.07, 6.45) is -0.466. The zero-order chi connectivity index (χ0) is 15.1. The molecule has 2 aromatic rings. The van der Waals surface area contributed by atoms with Gasteiger partial charge < -0.3 is 9.84 Å². The van der Waals surface area contributed by atoms with E-state index in [1.165, 1.54) is 5.56 Å². The second-order valence-corrected chi connectivity index (χ2v) is 5.20. The lowest BCUT2D eigenvalue weighted by atomic mass is 10.1. The lowest BCUT2D eigenvalue weighted by Crippen LogP contribution is -2.24. The Kier molecular flexibility index (Phi) is 5.78. The van der Waals surface area contributed by atoms with Gasteiger partial charge in [-0.25, -0.2) is 0 Å². The van der Waals surface area contributed by atoms with Crippen molar-refractivity contribution >= 4 is 0 Å². The molecule has 0 amide bonds. The number of aliphatic hydroxyl groups excluding tert-OH is 1. The topological polar surface area (TPSA) is 32.7 Å². The molecule has 3 heteroatoms. The monoisotopic (exact) mass is 285 g/mol. The molecule has 1 N–H and O–H groups in total. The molecule has 0 fully saturated rings. The number of aliphatic hydroxyl groups is 1. The Hall–Kier alpha value is -1.84. The fourth-order valence-electron chi connectivity index (χ4n) is 2.35. The Morgan fingerprint density at radius 3 is 2.57 bits per heavy atom. The van der Waals surface area contributed by atoms with Crippen molar-refractivity contribution < 1.29 is 9.84 Å². The van der Waals surface area contributed by atoms with Gasteiger partial charge in [-0.2, -0.15) is 0 Å². The molecule has 3 nitrogen and oxygen atoms in total. The van der Waals surface area contributed by atoms with Crippen LogP contribution in [0.15, 0.2) is 54.6 Å². The van der Waals surface area contributed by atoms with E-state index < -0.39 is 6.10 Å². The molecular formula is C18H23NO2. The summed E-state index contributed by atoms with van der Waals surface area (Å²) in [4.78, 5) is 2.11. The average Bonchev–Trinajstić information content (AvgIpc) is 2.48. The Morgan fingerprint density at radius 2 is 1.86 bits per heavy atom. The van der Waals surface area contributed by atoms with Crippen molar-refractivity contribution in [2.75, 3.05) is 20.2 Å². The van der Waals surface area contributed by atoms with Crippen LogP contribution in [-0.4, -0.2) is 30.2 Å². The van der Waals surface area contributed by atoms with Gasteiger partial charge in [-0.15, -0.1) is 0 Å². The van der Waals surface area contributed by atoms with E-state index in [9.17, 15) is 5.11 Å². The van der Waals surface area contributed by atoms with E-state index in [2.05, 4.69) is 17.0 Å². The van der Waals surface area contributed by atoms with Crippen LogP contribution >= 0.6 is 0 Å². The van der Waals surface area contributed by atoms with Crippen LogP contribution in [0.4, 0.5) is 0 Å². The van der Waals surface area contributed by atoms with Crippen LogP contribution in [0.5, 0.6) is 5.75 Å². The van der Waals surface area contributed by atoms with Crippen molar-refractivity contribution in [3.63, 3.8) is 0 Å². The van der Waals surface area contributed by atoms with E-state index in [1.807, 2.05) is 56.4 Å². The number of hydrogen-bond acceptors (Lipinski definition) is 3. The highest BCUT2D eigenvalue weighted by atomic mass is 16.5. The summed E-state index contributed by atoms with van der Waals surface area (Å²) in [5.74, 6) is 0.895. The predicted octanol–water partition coefficient (Wildman–Crippen LogP) is 3.25. The van der Waals surface area contributed by atoms with Crippen molar-refractivity contribution in [2.45, 2.75) is 19.6 Å². The third-order valence-electron chi connectivity index (χ3n) is 3.33. The van der Waals surface area contributed by atoms with Gasteiger partial charge in [0.2, 0.25) is 0 Å². The number of ether oxygens (including phenoxy) is 1. The molecule has 112 valence electrons. The number of rotatable bonds is 7. The molecule has 2 aromatic carbocycles. The van der Waals surface area contributed by atoms with Crippen molar-refractivity contribution in [3.05, 3.63) is 65.7 Å². The van der Waals surface area contributed by atoms with Crippen molar-refractivity contribution in [1.29, 1.82) is 0 Å². The first-order valence-corrected chi connectivity index (χ1v) is 7.32. The molecule has 0 aromatic heterocycles. The van der Waals surface area contributed by atoms with E-state index in [1.54, 1.807) is 0 Å². The summed E-state index contributed by atoms with van der Waals surface area (Å²) in [5.41, 5.74) is 2.14. The molecule has 0 saturated heterocycles. The Bertz CT molecular complexity index is 542. The SMILES string of the molecule is CCOc1cccc(CN(C)CC(O)c2ccccc2)c1. The van der Waals surface area contributed by atoms with E-state index in [0.29, 0.717) is 13.2 Å². The number of hydrogen-bond donors (Lipinski definition) is 1. The smallest absolute Gasteiger partial charge is 0.119 e. The minimum absolute atomic E-state index is 0.466. The van der Waals surface area contributed by atoms with Crippen LogP contribution in [-0.2, 0) is 6.54 Å². The highest BCUT2D eigenvalue weighted by Crippen LogP contribution is 2.17. The number of likely N-dealkylation sites (N-methyl/N-ethyl adjacent to an activating group) is 1. The quantitative estimate of drug-likeness (QED) is 0.847. The molecule has 0 aliphatic rings. The molecule has 0 saturated carbocycles. The summed E-state index contributed by atoms with van der Waals surface area (Å²) < 4.78 is 5.51. The molecule has 0 bridgehead atoms. The fourth-order valence-corrected chi connectivity index (χ4v) is 2.35. The van der Waals surface area contributed by atoms with E-state index >= 15 is 0 Å².